The van der Waals surface area contributed by atoms with Crippen molar-refractivity contribution in [2.45, 2.75) is 45.1 Å². The average molecular weight is 500 g/mol. The zero-order chi connectivity index (χ0) is 25.9. The third-order valence-corrected chi connectivity index (χ3v) is 7.02. The standard InChI is InChI=1S/C25H29N11O/c1-15(10-26)31-20-9-23(36-25-19(12-30-36)8-18(11-27)24(28)32-25)29-13-22(20)35-14-21(33-34-35)17-4-2-16(3-5-17)6-7-37/h8-9,12-17,33-34,37H,2-7H2,1H3,(H2,28,32)(H,29,31)/t15-,16?,17?/m1/s1. The molecule has 0 spiro atoms. The van der Waals surface area contributed by atoms with Gasteiger partial charge in [-0.05, 0) is 51.0 Å². The Hall–Kier alpha value is -4.39. The monoisotopic (exact) mass is 499 g/mol. The quantitative estimate of drug-likeness (QED) is 0.322. The molecule has 1 fully saturated rings. The van der Waals surface area contributed by atoms with Crippen LogP contribution >= 0.6 is 0 Å². The zero-order valence-electron chi connectivity index (χ0n) is 20.5. The Bertz CT molecular complexity index is 1410. The summed E-state index contributed by atoms with van der Waals surface area (Å²) in [6.07, 6.45) is 10.6. The van der Waals surface area contributed by atoms with Gasteiger partial charge in [-0.1, -0.05) is 0 Å². The smallest absolute Gasteiger partial charge is 0.167 e. The number of aliphatic hydroxyl groups excluding tert-OH is 1. The van der Waals surface area contributed by atoms with E-state index in [1.165, 1.54) is 0 Å². The Morgan fingerprint density at radius 2 is 2.05 bits per heavy atom. The number of pyridine rings is 2. The Balaban J connectivity index is 1.44. The molecular formula is C25H29N11O. The number of nitriles is 2. The van der Waals surface area contributed by atoms with E-state index in [2.05, 4.69) is 37.4 Å². The van der Waals surface area contributed by atoms with Gasteiger partial charge in [-0.15, -0.1) is 5.53 Å². The molecule has 0 radical (unpaired) electrons. The van der Waals surface area contributed by atoms with E-state index >= 15 is 0 Å². The average Bonchev–Trinajstić information content (AvgIpc) is 3.56. The van der Waals surface area contributed by atoms with E-state index in [-0.39, 0.29) is 18.0 Å². The number of allylic oxidation sites excluding steroid dienone is 1. The van der Waals surface area contributed by atoms with Gasteiger partial charge in [0.05, 0.1) is 29.7 Å². The normalized spacial score (nSPS) is 20.1. The lowest BCUT2D eigenvalue weighted by Gasteiger charge is -2.28. The highest BCUT2D eigenvalue weighted by Crippen LogP contribution is 2.36. The molecule has 37 heavy (non-hydrogen) atoms. The van der Waals surface area contributed by atoms with Crippen molar-refractivity contribution in [1.82, 2.24) is 30.7 Å². The fourth-order valence-electron chi connectivity index (χ4n) is 4.97. The molecule has 3 aromatic heterocycles. The highest BCUT2D eigenvalue weighted by atomic mass is 16.3. The third kappa shape index (κ3) is 4.85. The van der Waals surface area contributed by atoms with Crippen LogP contribution in [0.1, 0.15) is 44.6 Å². The fraction of sp³-hybridized carbons (Fsp3) is 0.400. The van der Waals surface area contributed by atoms with Crippen LogP contribution in [0, 0.1) is 34.5 Å². The van der Waals surface area contributed by atoms with Crippen molar-refractivity contribution in [1.29, 1.82) is 10.5 Å². The molecule has 3 aromatic rings. The topological polar surface area (TPSA) is 177 Å². The van der Waals surface area contributed by atoms with Crippen molar-refractivity contribution in [3.8, 4) is 18.0 Å². The minimum absolute atomic E-state index is 0.125. The number of fused-ring (bicyclic) bond motifs is 1. The van der Waals surface area contributed by atoms with E-state index in [4.69, 9.17) is 5.73 Å². The van der Waals surface area contributed by atoms with Crippen LogP contribution in [0.2, 0.25) is 0 Å². The molecule has 190 valence electrons. The molecule has 1 saturated carbocycles. The van der Waals surface area contributed by atoms with Crippen LogP contribution in [0.25, 0.3) is 16.9 Å². The summed E-state index contributed by atoms with van der Waals surface area (Å²) in [5, 5.41) is 38.1. The first kappa shape index (κ1) is 24.3. The summed E-state index contributed by atoms with van der Waals surface area (Å²) in [6, 6.07) is 7.25. The number of anilines is 3. The number of hydrogen-bond acceptors (Lipinski definition) is 11. The Morgan fingerprint density at radius 1 is 1.24 bits per heavy atom. The fourth-order valence-corrected chi connectivity index (χ4v) is 4.97. The lowest BCUT2D eigenvalue weighted by Crippen LogP contribution is -2.38. The largest absolute Gasteiger partial charge is 0.396 e. The number of nitrogen functional groups attached to an aromatic ring is 1. The molecule has 5 rings (SSSR count). The van der Waals surface area contributed by atoms with E-state index in [0.29, 0.717) is 34.4 Å². The number of nitrogens with zero attached hydrogens (tertiary/aromatic N) is 7. The van der Waals surface area contributed by atoms with Gasteiger partial charge in [-0.25, -0.2) is 9.97 Å². The molecule has 2 aliphatic rings. The van der Waals surface area contributed by atoms with Crippen molar-refractivity contribution in [2.75, 3.05) is 22.7 Å². The molecule has 4 heterocycles. The first-order valence-electron chi connectivity index (χ1n) is 12.3. The SMILES string of the molecule is C[C@H](C#N)Nc1cc(-n2ncc3cc(C#N)c(N)nc32)ncc1N1C=C(C2CCC(CCO)CC2)NN1. The van der Waals surface area contributed by atoms with Crippen LogP contribution in [-0.2, 0) is 0 Å². The summed E-state index contributed by atoms with van der Waals surface area (Å²) in [5.41, 5.74) is 15.7. The molecule has 0 saturated heterocycles. The molecule has 12 heteroatoms. The predicted octanol–water partition coefficient (Wildman–Crippen LogP) is 2.45. The zero-order valence-corrected chi connectivity index (χ0v) is 20.5. The maximum Gasteiger partial charge on any atom is 0.167 e. The number of aliphatic hydroxyl groups is 1. The molecule has 1 aliphatic carbocycles. The van der Waals surface area contributed by atoms with E-state index in [1.807, 2.05) is 17.3 Å². The summed E-state index contributed by atoms with van der Waals surface area (Å²) in [4.78, 5) is 8.97. The Morgan fingerprint density at radius 3 is 2.78 bits per heavy atom. The van der Waals surface area contributed by atoms with Crippen LogP contribution in [0.15, 0.2) is 36.4 Å². The number of hydrogen-bond donors (Lipinski definition) is 5. The third-order valence-electron chi connectivity index (χ3n) is 7.02. The van der Waals surface area contributed by atoms with Crippen molar-refractivity contribution in [3.05, 3.63) is 42.0 Å². The lowest BCUT2D eigenvalue weighted by atomic mass is 9.79. The summed E-state index contributed by atoms with van der Waals surface area (Å²) in [5.74, 6) is 1.63. The van der Waals surface area contributed by atoms with Gasteiger partial charge >= 0.3 is 0 Å². The van der Waals surface area contributed by atoms with Crippen LogP contribution in [0.4, 0.5) is 17.2 Å². The minimum atomic E-state index is -0.448. The first-order chi connectivity index (χ1) is 18.0. The highest BCUT2D eigenvalue weighted by molar-refractivity contribution is 5.81. The van der Waals surface area contributed by atoms with Crippen LogP contribution < -0.4 is 27.0 Å². The summed E-state index contributed by atoms with van der Waals surface area (Å²) < 4.78 is 1.56. The Kier molecular flexibility index (Phi) is 6.77. The molecule has 6 N–H and O–H groups in total. The number of hydrazine groups is 2. The van der Waals surface area contributed by atoms with Crippen LogP contribution in [0.5, 0.6) is 0 Å². The van der Waals surface area contributed by atoms with Gasteiger partial charge in [0.1, 0.15) is 23.6 Å². The van der Waals surface area contributed by atoms with E-state index in [9.17, 15) is 15.6 Å². The number of rotatable bonds is 7. The van der Waals surface area contributed by atoms with Gasteiger partial charge in [0.2, 0.25) is 0 Å². The summed E-state index contributed by atoms with van der Waals surface area (Å²) >= 11 is 0. The van der Waals surface area contributed by atoms with Gasteiger partial charge in [-0.2, -0.15) is 20.3 Å². The molecule has 12 nitrogen and oxygen atoms in total. The Labute approximate surface area is 214 Å². The van der Waals surface area contributed by atoms with E-state index in [0.717, 1.165) is 43.5 Å². The second-order valence-electron chi connectivity index (χ2n) is 9.48. The van der Waals surface area contributed by atoms with Crippen molar-refractivity contribution in [2.24, 2.45) is 11.8 Å². The van der Waals surface area contributed by atoms with E-state index < -0.39 is 6.04 Å². The summed E-state index contributed by atoms with van der Waals surface area (Å²) in [7, 11) is 0. The molecule has 0 unspecified atom stereocenters. The molecule has 1 aliphatic heterocycles. The van der Waals surface area contributed by atoms with Gasteiger partial charge in [0.25, 0.3) is 0 Å². The van der Waals surface area contributed by atoms with E-state index in [1.54, 1.807) is 36.1 Å². The molecule has 1 atom stereocenters. The second-order valence-corrected chi connectivity index (χ2v) is 9.48. The van der Waals surface area contributed by atoms with Crippen LogP contribution in [-0.4, -0.2) is 37.5 Å². The van der Waals surface area contributed by atoms with Crippen molar-refractivity contribution < 1.29 is 5.11 Å². The molecule has 0 bridgehead atoms. The van der Waals surface area contributed by atoms with Gasteiger partial charge in [-0.3, -0.25) is 5.01 Å². The maximum absolute atomic E-state index is 9.43. The lowest BCUT2D eigenvalue weighted by molar-refractivity contribution is 0.213. The highest BCUT2D eigenvalue weighted by Gasteiger charge is 2.28. The van der Waals surface area contributed by atoms with Gasteiger partial charge in [0.15, 0.2) is 11.5 Å². The minimum Gasteiger partial charge on any atom is -0.396 e. The maximum atomic E-state index is 9.43. The first-order valence-corrected chi connectivity index (χ1v) is 12.3. The van der Waals surface area contributed by atoms with Crippen LogP contribution in [0.3, 0.4) is 0 Å². The second kappa shape index (κ2) is 10.3. The van der Waals surface area contributed by atoms with Gasteiger partial charge in [0, 0.05) is 35.9 Å². The van der Waals surface area contributed by atoms with Crippen molar-refractivity contribution in [3.63, 3.8) is 0 Å². The molecule has 0 aromatic carbocycles. The number of nitrogens with one attached hydrogen (secondary N) is 3. The van der Waals surface area contributed by atoms with Gasteiger partial charge < -0.3 is 21.6 Å². The predicted molar refractivity (Wildman–Crippen MR) is 138 cm³/mol. The molecule has 0 amide bonds. The number of aromatic nitrogens is 4. The van der Waals surface area contributed by atoms with Crippen molar-refractivity contribution >= 4 is 28.2 Å². The number of nitrogens with two attached hydrogens (primary N) is 1. The molecular weight excluding hydrogens is 470 g/mol. The summed E-state index contributed by atoms with van der Waals surface area (Å²) in [6.45, 7) is 2.03.